The van der Waals surface area contributed by atoms with Gasteiger partial charge in [0.1, 0.15) is 0 Å². The summed E-state index contributed by atoms with van der Waals surface area (Å²) in [6, 6.07) is 8.46. The second-order valence-corrected chi connectivity index (χ2v) is 10.5. The zero-order valence-electron chi connectivity index (χ0n) is 19.1. The lowest BCUT2D eigenvalue weighted by Crippen LogP contribution is -2.31. The Bertz CT molecular complexity index is 856. The summed E-state index contributed by atoms with van der Waals surface area (Å²) in [5.74, 6) is 1.20. The molecule has 1 aliphatic rings. The number of benzene rings is 1. The van der Waals surface area contributed by atoms with Crippen LogP contribution in [0.2, 0.25) is 5.02 Å². The predicted octanol–water partition coefficient (Wildman–Crippen LogP) is 6.37. The average Bonchev–Trinajstić information content (AvgIpc) is 3.03. The number of aryl methyl sites for hydroxylation is 1. The Morgan fingerprint density at radius 1 is 1.17 bits per heavy atom. The van der Waals surface area contributed by atoms with Gasteiger partial charge >= 0.3 is 0 Å². The summed E-state index contributed by atoms with van der Waals surface area (Å²) < 4.78 is 1.83. The molecule has 1 amide bonds. The summed E-state index contributed by atoms with van der Waals surface area (Å²) in [7, 11) is 0. The van der Waals surface area contributed by atoms with E-state index < -0.39 is 0 Å². The van der Waals surface area contributed by atoms with E-state index in [0.717, 1.165) is 23.6 Å². The highest BCUT2D eigenvalue weighted by Gasteiger charge is 2.24. The van der Waals surface area contributed by atoms with Crippen molar-refractivity contribution in [2.24, 2.45) is 17.3 Å². The highest BCUT2D eigenvalue weighted by Crippen LogP contribution is 2.32. The van der Waals surface area contributed by atoms with Crippen molar-refractivity contribution in [3.8, 4) is 11.3 Å². The van der Waals surface area contributed by atoms with E-state index in [9.17, 15) is 4.79 Å². The van der Waals surface area contributed by atoms with Crippen LogP contribution in [0.1, 0.15) is 76.4 Å². The number of nitrogens with one attached hydrogen (secondary N) is 1. The van der Waals surface area contributed by atoms with Gasteiger partial charge in [-0.1, -0.05) is 76.4 Å². The van der Waals surface area contributed by atoms with Crippen molar-refractivity contribution >= 4 is 17.5 Å². The van der Waals surface area contributed by atoms with Crippen LogP contribution in [-0.2, 0) is 13.0 Å². The van der Waals surface area contributed by atoms with Gasteiger partial charge in [0.2, 0.25) is 0 Å². The van der Waals surface area contributed by atoms with Crippen LogP contribution in [0, 0.1) is 17.3 Å². The Hall–Kier alpha value is -1.81. The molecule has 1 heterocycles. The number of hydrogen-bond acceptors (Lipinski definition) is 2. The third-order valence-electron chi connectivity index (χ3n) is 6.06. The third kappa shape index (κ3) is 5.66. The largest absolute Gasteiger partial charge is 0.350 e. The smallest absolute Gasteiger partial charge is 0.273 e. The van der Waals surface area contributed by atoms with Gasteiger partial charge < -0.3 is 5.32 Å². The first-order valence-corrected chi connectivity index (χ1v) is 11.7. The van der Waals surface area contributed by atoms with Crippen LogP contribution in [-0.4, -0.2) is 22.2 Å². The molecule has 1 aromatic carbocycles. The average molecular weight is 430 g/mol. The Labute approximate surface area is 186 Å². The molecule has 0 spiro atoms. The van der Waals surface area contributed by atoms with Gasteiger partial charge in [0.15, 0.2) is 5.69 Å². The molecule has 0 atom stereocenters. The van der Waals surface area contributed by atoms with E-state index in [2.05, 4.69) is 62.4 Å². The summed E-state index contributed by atoms with van der Waals surface area (Å²) in [4.78, 5) is 12.8. The molecule has 4 nitrogen and oxygen atoms in total. The van der Waals surface area contributed by atoms with Gasteiger partial charge in [0.05, 0.1) is 10.7 Å². The summed E-state index contributed by atoms with van der Waals surface area (Å²) in [6.07, 6.45) is 5.89. The molecule has 5 heteroatoms. The van der Waals surface area contributed by atoms with Crippen molar-refractivity contribution < 1.29 is 4.79 Å². The van der Waals surface area contributed by atoms with E-state index in [4.69, 9.17) is 11.6 Å². The van der Waals surface area contributed by atoms with Gasteiger partial charge in [-0.15, -0.1) is 0 Å². The number of hydrogen-bond donors (Lipinski definition) is 1. The molecule has 1 fully saturated rings. The van der Waals surface area contributed by atoms with E-state index >= 15 is 0 Å². The van der Waals surface area contributed by atoms with Crippen LogP contribution < -0.4 is 5.32 Å². The van der Waals surface area contributed by atoms with Gasteiger partial charge in [-0.2, -0.15) is 5.10 Å². The number of halogens is 1. The molecular weight excluding hydrogens is 394 g/mol. The standard InChI is InChI=1S/C25H36ClN3O/c1-6-29-23(20-13-11-18(12-14-20)15-25(3,4)5)21(26)22(28-29)24(30)27-16-19-9-7-17(2)8-10-19/h11-14,17,19H,6-10,15-16H2,1-5H3,(H,27,30). The summed E-state index contributed by atoms with van der Waals surface area (Å²) in [6.45, 7) is 12.4. The van der Waals surface area contributed by atoms with Crippen molar-refractivity contribution in [1.29, 1.82) is 0 Å². The van der Waals surface area contributed by atoms with Gasteiger partial charge in [-0.25, -0.2) is 0 Å². The monoisotopic (exact) mass is 429 g/mol. The Morgan fingerprint density at radius 3 is 2.37 bits per heavy atom. The predicted molar refractivity (Wildman–Crippen MR) is 125 cm³/mol. The Balaban J connectivity index is 1.74. The molecule has 0 unspecified atom stereocenters. The first-order chi connectivity index (χ1) is 14.2. The number of carbonyl (C=O) groups is 1. The Morgan fingerprint density at radius 2 is 1.80 bits per heavy atom. The maximum absolute atomic E-state index is 12.8. The lowest BCUT2D eigenvalue weighted by Gasteiger charge is -2.26. The molecule has 0 bridgehead atoms. The van der Waals surface area contributed by atoms with Crippen LogP contribution >= 0.6 is 11.6 Å². The second kappa shape index (κ2) is 9.55. The maximum Gasteiger partial charge on any atom is 0.273 e. The Kier molecular flexibility index (Phi) is 7.28. The number of carbonyl (C=O) groups excluding carboxylic acids is 1. The zero-order valence-corrected chi connectivity index (χ0v) is 19.9. The second-order valence-electron chi connectivity index (χ2n) is 10.1. The minimum absolute atomic E-state index is 0.170. The lowest BCUT2D eigenvalue weighted by molar-refractivity contribution is 0.0936. The maximum atomic E-state index is 12.8. The molecule has 30 heavy (non-hydrogen) atoms. The number of rotatable bonds is 6. The van der Waals surface area contributed by atoms with E-state index in [1.165, 1.54) is 31.2 Å². The number of aromatic nitrogens is 2. The highest BCUT2D eigenvalue weighted by atomic mass is 35.5. The normalized spacial score (nSPS) is 19.7. The molecule has 0 saturated heterocycles. The zero-order chi connectivity index (χ0) is 21.9. The van der Waals surface area contributed by atoms with Crippen LogP contribution in [0.25, 0.3) is 11.3 Å². The third-order valence-corrected chi connectivity index (χ3v) is 6.42. The fourth-order valence-corrected chi connectivity index (χ4v) is 4.67. The van der Waals surface area contributed by atoms with Gasteiger partial charge in [0.25, 0.3) is 5.91 Å². The number of nitrogens with zero attached hydrogens (tertiary/aromatic N) is 2. The molecule has 1 saturated carbocycles. The van der Waals surface area contributed by atoms with Gasteiger partial charge in [-0.3, -0.25) is 9.48 Å². The SMILES string of the molecule is CCn1nc(C(=O)NCC2CCC(C)CC2)c(Cl)c1-c1ccc(CC(C)(C)C)cc1. The molecule has 1 aromatic heterocycles. The van der Waals surface area contributed by atoms with E-state index in [1.807, 2.05) is 11.6 Å². The first-order valence-electron chi connectivity index (χ1n) is 11.3. The van der Waals surface area contributed by atoms with E-state index in [0.29, 0.717) is 29.7 Å². The topological polar surface area (TPSA) is 46.9 Å². The van der Waals surface area contributed by atoms with E-state index in [-0.39, 0.29) is 11.3 Å². The molecule has 1 aliphatic carbocycles. The van der Waals surface area contributed by atoms with Crippen molar-refractivity contribution in [3.63, 3.8) is 0 Å². The molecule has 1 N–H and O–H groups in total. The first kappa shape index (κ1) is 22.9. The fourth-order valence-electron chi connectivity index (χ4n) is 4.34. The summed E-state index contributed by atoms with van der Waals surface area (Å²) in [5.41, 5.74) is 3.68. The molecule has 0 radical (unpaired) electrons. The van der Waals surface area contributed by atoms with Crippen molar-refractivity contribution in [2.45, 2.75) is 73.3 Å². The lowest BCUT2D eigenvalue weighted by atomic mass is 9.83. The van der Waals surface area contributed by atoms with Gasteiger partial charge in [-0.05, 0) is 49.0 Å². The van der Waals surface area contributed by atoms with Crippen molar-refractivity contribution in [3.05, 3.63) is 40.5 Å². The fraction of sp³-hybridized carbons (Fsp3) is 0.600. The van der Waals surface area contributed by atoms with Gasteiger partial charge in [0, 0.05) is 18.7 Å². The summed E-state index contributed by atoms with van der Waals surface area (Å²) in [5, 5.41) is 8.05. The van der Waals surface area contributed by atoms with Crippen LogP contribution in [0.3, 0.4) is 0 Å². The molecule has 164 valence electrons. The molecule has 0 aliphatic heterocycles. The van der Waals surface area contributed by atoms with E-state index in [1.54, 1.807) is 0 Å². The van der Waals surface area contributed by atoms with Crippen LogP contribution in [0.5, 0.6) is 0 Å². The van der Waals surface area contributed by atoms with Crippen LogP contribution in [0.4, 0.5) is 0 Å². The quantitative estimate of drug-likeness (QED) is 0.579. The van der Waals surface area contributed by atoms with Crippen molar-refractivity contribution in [1.82, 2.24) is 15.1 Å². The molecule has 2 aromatic rings. The molecule has 3 rings (SSSR count). The highest BCUT2D eigenvalue weighted by molar-refractivity contribution is 6.36. The minimum atomic E-state index is -0.170. The van der Waals surface area contributed by atoms with Crippen LogP contribution in [0.15, 0.2) is 24.3 Å². The molecular formula is C25H36ClN3O. The summed E-state index contributed by atoms with van der Waals surface area (Å²) >= 11 is 6.68. The van der Waals surface area contributed by atoms with Crippen molar-refractivity contribution in [2.75, 3.05) is 6.54 Å². The minimum Gasteiger partial charge on any atom is -0.350 e. The number of amides is 1.